The van der Waals surface area contributed by atoms with Gasteiger partial charge < -0.3 is 26.2 Å². The number of urea groups is 1. The summed E-state index contributed by atoms with van der Waals surface area (Å²) >= 11 is 0. The first-order valence-electron chi connectivity index (χ1n) is 8.68. The number of amides is 3. The summed E-state index contributed by atoms with van der Waals surface area (Å²) in [7, 11) is 0. The molecule has 0 fully saturated rings. The molecule has 0 spiro atoms. The van der Waals surface area contributed by atoms with Gasteiger partial charge in [-0.15, -0.1) is 0 Å². The third-order valence-corrected chi connectivity index (χ3v) is 3.66. The van der Waals surface area contributed by atoms with Gasteiger partial charge in [-0.25, -0.2) is 14.6 Å². The molecule has 10 nitrogen and oxygen atoms in total. The van der Waals surface area contributed by atoms with E-state index in [1.54, 1.807) is 0 Å². The van der Waals surface area contributed by atoms with Crippen LogP contribution in [0, 0.1) is 5.95 Å². The molecule has 1 rings (SSSR count). The molecule has 0 aromatic carbocycles. The molecular formula is C17H23FN4O6. The maximum atomic E-state index is 12.7. The zero-order valence-corrected chi connectivity index (χ0v) is 15.1. The lowest BCUT2D eigenvalue weighted by Crippen LogP contribution is -2.46. The number of aliphatic carboxylic acids is 2. The third kappa shape index (κ3) is 9.46. The number of unbranched alkanes of at least 4 members (excludes halogenated alkanes) is 2. The Hall–Kier alpha value is -3.24. The number of nitrogens with zero attached hydrogens (tertiary/aromatic N) is 1. The predicted molar refractivity (Wildman–Crippen MR) is 95.2 cm³/mol. The van der Waals surface area contributed by atoms with Gasteiger partial charge in [-0.05, 0) is 37.8 Å². The molecule has 0 aliphatic heterocycles. The minimum atomic E-state index is -1.30. The first-order valence-corrected chi connectivity index (χ1v) is 8.68. The summed E-state index contributed by atoms with van der Waals surface area (Å²) in [6, 6.07) is 0.477. The average Bonchev–Trinajstić information content (AvgIpc) is 2.64. The van der Waals surface area contributed by atoms with Gasteiger partial charge in [-0.1, -0.05) is 0 Å². The summed E-state index contributed by atoms with van der Waals surface area (Å²) in [4.78, 5) is 48.3. The number of rotatable bonds is 12. The van der Waals surface area contributed by atoms with E-state index in [1.807, 2.05) is 0 Å². The predicted octanol–water partition coefficient (Wildman–Crippen LogP) is 0.738. The number of carboxylic acid groups (broad SMARTS) is 2. The number of halogens is 1. The van der Waals surface area contributed by atoms with Gasteiger partial charge in [0.15, 0.2) is 0 Å². The first-order chi connectivity index (χ1) is 13.3. The Bertz CT molecular complexity index is 683. The molecule has 0 saturated heterocycles. The zero-order chi connectivity index (χ0) is 20.9. The molecule has 1 aromatic rings. The Labute approximate surface area is 160 Å². The van der Waals surface area contributed by atoms with Crippen LogP contribution in [0.5, 0.6) is 0 Å². The number of carbonyl (C=O) groups is 4. The van der Waals surface area contributed by atoms with E-state index in [2.05, 4.69) is 20.9 Å². The van der Waals surface area contributed by atoms with Crippen LogP contribution in [0.4, 0.5) is 9.18 Å². The molecule has 1 atom stereocenters. The molecule has 0 aliphatic rings. The van der Waals surface area contributed by atoms with Crippen molar-refractivity contribution in [2.45, 2.75) is 38.1 Å². The van der Waals surface area contributed by atoms with Gasteiger partial charge in [0.2, 0.25) is 5.95 Å². The van der Waals surface area contributed by atoms with Crippen LogP contribution in [0.15, 0.2) is 18.3 Å². The van der Waals surface area contributed by atoms with E-state index in [0.29, 0.717) is 32.4 Å². The molecule has 154 valence electrons. The molecule has 3 amide bonds. The van der Waals surface area contributed by atoms with Crippen LogP contribution in [0.1, 0.15) is 42.5 Å². The van der Waals surface area contributed by atoms with E-state index >= 15 is 0 Å². The van der Waals surface area contributed by atoms with Crippen LogP contribution in [0.25, 0.3) is 0 Å². The van der Waals surface area contributed by atoms with Gasteiger partial charge in [0, 0.05) is 25.7 Å². The minimum Gasteiger partial charge on any atom is -0.481 e. The molecular weight excluding hydrogens is 374 g/mol. The normalized spacial score (nSPS) is 11.3. The maximum Gasteiger partial charge on any atom is 0.326 e. The highest BCUT2D eigenvalue weighted by Gasteiger charge is 2.20. The lowest BCUT2D eigenvalue weighted by atomic mass is 10.1. The summed E-state index contributed by atoms with van der Waals surface area (Å²) in [5, 5.41) is 24.9. The van der Waals surface area contributed by atoms with Crippen molar-refractivity contribution in [1.82, 2.24) is 20.9 Å². The van der Waals surface area contributed by atoms with Gasteiger partial charge in [0.25, 0.3) is 5.91 Å². The van der Waals surface area contributed by atoms with Crippen molar-refractivity contribution < 1.29 is 33.8 Å². The molecule has 0 saturated carbocycles. The summed E-state index contributed by atoms with van der Waals surface area (Å²) < 4.78 is 12.7. The van der Waals surface area contributed by atoms with Gasteiger partial charge in [-0.2, -0.15) is 4.39 Å². The highest BCUT2D eigenvalue weighted by Crippen LogP contribution is 2.00. The van der Waals surface area contributed by atoms with E-state index in [1.165, 1.54) is 6.07 Å². The van der Waals surface area contributed by atoms with E-state index in [4.69, 9.17) is 10.2 Å². The maximum absolute atomic E-state index is 12.7. The van der Waals surface area contributed by atoms with Gasteiger partial charge in [0.05, 0.1) is 5.56 Å². The van der Waals surface area contributed by atoms with Crippen molar-refractivity contribution in [3.63, 3.8) is 0 Å². The highest BCUT2D eigenvalue weighted by atomic mass is 18.2. The number of carboxylic acids is 2. The molecule has 11 heteroatoms. The van der Waals surface area contributed by atoms with Crippen molar-refractivity contribution in [1.29, 1.82) is 0 Å². The lowest BCUT2D eigenvalue weighted by Gasteiger charge is -2.14. The van der Waals surface area contributed by atoms with E-state index in [-0.39, 0.29) is 24.3 Å². The molecule has 0 radical (unpaired) electrons. The number of nitrogens with one attached hydrogen (secondary N) is 3. The number of hydrogen-bond acceptors (Lipinski definition) is 5. The van der Waals surface area contributed by atoms with Crippen LogP contribution in [0.2, 0.25) is 0 Å². The van der Waals surface area contributed by atoms with Crippen LogP contribution in [-0.2, 0) is 9.59 Å². The second-order valence-corrected chi connectivity index (χ2v) is 5.91. The van der Waals surface area contributed by atoms with E-state index in [0.717, 1.165) is 12.3 Å². The van der Waals surface area contributed by atoms with E-state index in [9.17, 15) is 23.6 Å². The lowest BCUT2D eigenvalue weighted by molar-refractivity contribution is -0.140. The van der Waals surface area contributed by atoms with Crippen molar-refractivity contribution in [2.24, 2.45) is 0 Å². The SMILES string of the molecule is O=C(O)CCC(NC(=O)NCCCCCNC(=O)c1ccc([18F])nc1)C(=O)O. The Morgan fingerprint density at radius 1 is 1.04 bits per heavy atom. The third-order valence-electron chi connectivity index (χ3n) is 3.66. The Morgan fingerprint density at radius 3 is 2.29 bits per heavy atom. The molecule has 1 unspecified atom stereocenters. The van der Waals surface area contributed by atoms with Crippen LogP contribution < -0.4 is 16.0 Å². The fourth-order valence-corrected chi connectivity index (χ4v) is 2.18. The Balaban J connectivity index is 2.13. The molecule has 0 aliphatic carbocycles. The molecule has 5 N–H and O–H groups in total. The van der Waals surface area contributed by atoms with Gasteiger partial charge in [-0.3, -0.25) is 9.59 Å². The second kappa shape index (κ2) is 12.2. The fraction of sp³-hybridized carbons (Fsp3) is 0.471. The summed E-state index contributed by atoms with van der Waals surface area (Å²) in [6.07, 6.45) is 2.53. The molecule has 1 aromatic heterocycles. The Kier molecular flexibility index (Phi) is 9.94. The Morgan fingerprint density at radius 2 is 1.71 bits per heavy atom. The second-order valence-electron chi connectivity index (χ2n) is 5.91. The average molecular weight is 397 g/mol. The number of hydrogen-bond donors (Lipinski definition) is 5. The summed E-state index contributed by atoms with van der Waals surface area (Å²) in [5.74, 6) is -3.46. The number of aromatic nitrogens is 1. The summed E-state index contributed by atoms with van der Waals surface area (Å²) in [6.45, 7) is 0.700. The number of pyridine rings is 1. The van der Waals surface area contributed by atoms with Crippen molar-refractivity contribution in [2.75, 3.05) is 13.1 Å². The summed E-state index contributed by atoms with van der Waals surface area (Å²) in [5.41, 5.74) is 0.260. The van der Waals surface area contributed by atoms with Crippen molar-refractivity contribution >= 4 is 23.9 Å². The van der Waals surface area contributed by atoms with Gasteiger partial charge in [0.1, 0.15) is 6.04 Å². The van der Waals surface area contributed by atoms with Crippen LogP contribution >= 0.6 is 0 Å². The van der Waals surface area contributed by atoms with Crippen molar-refractivity contribution in [3.8, 4) is 0 Å². The monoisotopic (exact) mass is 397 g/mol. The molecule has 0 bridgehead atoms. The van der Waals surface area contributed by atoms with Crippen LogP contribution in [-0.4, -0.2) is 58.2 Å². The highest BCUT2D eigenvalue weighted by molar-refractivity contribution is 5.93. The van der Waals surface area contributed by atoms with Crippen LogP contribution in [0.3, 0.4) is 0 Å². The van der Waals surface area contributed by atoms with E-state index < -0.39 is 30.0 Å². The first kappa shape index (κ1) is 22.8. The smallest absolute Gasteiger partial charge is 0.326 e. The van der Waals surface area contributed by atoms with Gasteiger partial charge >= 0.3 is 18.0 Å². The molecule has 28 heavy (non-hydrogen) atoms. The zero-order valence-electron chi connectivity index (χ0n) is 15.1. The topological polar surface area (TPSA) is 158 Å². The molecule has 1 heterocycles. The standard InChI is InChI=1S/C17H23FN4O6/c18-13-6-4-11(10-21-13)15(25)19-8-2-1-3-9-20-17(28)22-12(16(26)27)5-7-14(23)24/h4,6,10,12H,1-3,5,7-9H2,(H,19,25)(H,23,24)(H,26,27)(H2,20,22,28)/i18-1. The quantitative estimate of drug-likeness (QED) is 0.257. The fourth-order valence-electron chi connectivity index (χ4n) is 2.18. The largest absolute Gasteiger partial charge is 0.481 e. The minimum absolute atomic E-state index is 0.207. The number of carbonyl (C=O) groups excluding carboxylic acids is 2. The van der Waals surface area contributed by atoms with Crippen molar-refractivity contribution in [3.05, 3.63) is 29.8 Å².